The highest BCUT2D eigenvalue weighted by molar-refractivity contribution is 7.91. The number of halogens is 1. The van der Waals surface area contributed by atoms with Gasteiger partial charge < -0.3 is 0 Å². The van der Waals surface area contributed by atoms with Gasteiger partial charge in [-0.15, -0.1) is 0 Å². The number of nitrogens with zero attached hydrogens (tertiary/aromatic N) is 3. The molecular formula is C14H15FN4O2S. The molecule has 1 aromatic carbocycles. The van der Waals surface area contributed by atoms with E-state index in [9.17, 15) is 12.8 Å². The van der Waals surface area contributed by atoms with Crippen LogP contribution < -0.4 is 4.72 Å². The van der Waals surface area contributed by atoms with Gasteiger partial charge in [0, 0.05) is 6.54 Å². The molecule has 6 nitrogen and oxygen atoms in total. The predicted molar refractivity (Wildman–Crippen MR) is 80.0 cm³/mol. The van der Waals surface area contributed by atoms with Crippen molar-refractivity contribution in [2.24, 2.45) is 0 Å². The molecule has 22 heavy (non-hydrogen) atoms. The van der Waals surface area contributed by atoms with E-state index in [0.717, 1.165) is 0 Å². The topological polar surface area (TPSA) is 87.8 Å². The van der Waals surface area contributed by atoms with Crippen LogP contribution >= 0.6 is 0 Å². The van der Waals surface area contributed by atoms with Gasteiger partial charge in [0.1, 0.15) is 17.4 Å². The van der Waals surface area contributed by atoms with Crippen LogP contribution in [0.2, 0.25) is 0 Å². The third kappa shape index (κ3) is 3.43. The van der Waals surface area contributed by atoms with Gasteiger partial charge in [-0.25, -0.2) is 17.5 Å². The normalized spacial score (nSPS) is 11.2. The second-order valence-electron chi connectivity index (χ2n) is 4.78. The van der Waals surface area contributed by atoms with Gasteiger partial charge in [0.05, 0.1) is 11.9 Å². The van der Waals surface area contributed by atoms with E-state index in [2.05, 4.69) is 9.82 Å². The summed E-state index contributed by atoms with van der Waals surface area (Å²) in [4.78, 5) is 0. The SMILES string of the molecule is CCn1ncc(C#N)c1NS(=O)(=O)Cc1ccc(C)c(F)c1. The molecule has 0 fully saturated rings. The molecule has 0 radical (unpaired) electrons. The highest BCUT2D eigenvalue weighted by Gasteiger charge is 2.18. The average Bonchev–Trinajstić information content (AvgIpc) is 2.83. The zero-order chi connectivity index (χ0) is 16.3. The zero-order valence-corrected chi connectivity index (χ0v) is 13.0. The Balaban J connectivity index is 2.27. The van der Waals surface area contributed by atoms with Crippen molar-refractivity contribution in [3.8, 4) is 6.07 Å². The molecule has 0 spiro atoms. The van der Waals surface area contributed by atoms with Crippen LogP contribution in [0.25, 0.3) is 0 Å². The summed E-state index contributed by atoms with van der Waals surface area (Å²) in [5, 5.41) is 12.9. The van der Waals surface area contributed by atoms with Gasteiger partial charge in [0.25, 0.3) is 0 Å². The number of nitrogens with one attached hydrogen (secondary N) is 1. The van der Waals surface area contributed by atoms with Crippen LogP contribution in [0, 0.1) is 24.1 Å². The maximum absolute atomic E-state index is 13.5. The summed E-state index contributed by atoms with van der Waals surface area (Å²) < 4.78 is 41.7. The van der Waals surface area contributed by atoms with E-state index in [1.807, 2.05) is 6.07 Å². The summed E-state index contributed by atoms with van der Waals surface area (Å²) >= 11 is 0. The minimum atomic E-state index is -3.78. The van der Waals surface area contributed by atoms with E-state index < -0.39 is 15.8 Å². The first-order valence-electron chi connectivity index (χ1n) is 6.57. The molecule has 1 heterocycles. The molecule has 0 aliphatic rings. The standard InChI is InChI=1S/C14H15FN4O2S/c1-3-19-14(12(7-16)8-17-19)18-22(20,21)9-11-5-4-10(2)13(15)6-11/h4-6,8,18H,3,9H2,1-2H3. The van der Waals surface area contributed by atoms with Crippen molar-refractivity contribution in [3.05, 3.63) is 46.9 Å². The number of rotatable bonds is 5. The molecule has 0 saturated carbocycles. The Bertz CT molecular complexity index is 837. The van der Waals surface area contributed by atoms with E-state index in [4.69, 9.17) is 5.26 Å². The number of nitriles is 1. The number of benzene rings is 1. The Morgan fingerprint density at radius 2 is 2.18 bits per heavy atom. The Kier molecular flexibility index (Phi) is 4.47. The maximum Gasteiger partial charge on any atom is 0.238 e. The summed E-state index contributed by atoms with van der Waals surface area (Å²) in [7, 11) is -3.78. The summed E-state index contributed by atoms with van der Waals surface area (Å²) in [5.41, 5.74) is 0.919. The molecular weight excluding hydrogens is 307 g/mol. The van der Waals surface area contributed by atoms with Crippen molar-refractivity contribution in [2.45, 2.75) is 26.1 Å². The number of sulfonamides is 1. The molecule has 2 aromatic rings. The fourth-order valence-corrected chi connectivity index (χ4v) is 3.14. The molecule has 2 rings (SSSR count). The highest BCUT2D eigenvalue weighted by Crippen LogP contribution is 2.18. The van der Waals surface area contributed by atoms with Crippen molar-refractivity contribution in [3.63, 3.8) is 0 Å². The monoisotopic (exact) mass is 322 g/mol. The van der Waals surface area contributed by atoms with Crippen molar-refractivity contribution in [2.75, 3.05) is 4.72 Å². The molecule has 0 aliphatic heterocycles. The van der Waals surface area contributed by atoms with Crippen LogP contribution in [0.3, 0.4) is 0 Å². The molecule has 0 aliphatic carbocycles. The predicted octanol–water partition coefficient (Wildman–Crippen LogP) is 2.16. The van der Waals surface area contributed by atoms with Gasteiger partial charge >= 0.3 is 0 Å². The van der Waals surface area contributed by atoms with Crippen LogP contribution in [-0.2, 0) is 22.3 Å². The summed E-state index contributed by atoms with van der Waals surface area (Å²) in [6.45, 7) is 3.80. The molecule has 0 atom stereocenters. The number of hydrogen-bond acceptors (Lipinski definition) is 4. The lowest BCUT2D eigenvalue weighted by molar-refractivity contribution is 0.597. The Morgan fingerprint density at radius 3 is 2.77 bits per heavy atom. The quantitative estimate of drug-likeness (QED) is 0.913. The van der Waals surface area contributed by atoms with Gasteiger partial charge in [-0.2, -0.15) is 10.4 Å². The first-order chi connectivity index (χ1) is 10.4. The van der Waals surface area contributed by atoms with Crippen LogP contribution in [-0.4, -0.2) is 18.2 Å². The smallest absolute Gasteiger partial charge is 0.238 e. The molecule has 1 aromatic heterocycles. The summed E-state index contributed by atoms with van der Waals surface area (Å²) in [5.74, 6) is -0.717. The first kappa shape index (κ1) is 16.0. The number of anilines is 1. The maximum atomic E-state index is 13.5. The van der Waals surface area contributed by atoms with Gasteiger partial charge in [-0.1, -0.05) is 12.1 Å². The third-order valence-corrected chi connectivity index (χ3v) is 4.32. The van der Waals surface area contributed by atoms with Crippen LogP contribution in [0.1, 0.15) is 23.6 Å². The van der Waals surface area contributed by atoms with Crippen molar-refractivity contribution in [1.29, 1.82) is 5.26 Å². The minimum Gasteiger partial charge on any atom is -0.266 e. The average molecular weight is 322 g/mol. The van der Waals surface area contributed by atoms with Gasteiger partial charge in [-0.05, 0) is 31.0 Å². The van der Waals surface area contributed by atoms with Crippen molar-refractivity contribution >= 4 is 15.8 Å². The minimum absolute atomic E-state index is 0.123. The summed E-state index contributed by atoms with van der Waals surface area (Å²) in [6, 6.07) is 6.15. The Hall–Kier alpha value is -2.40. The Labute approximate surface area is 128 Å². The van der Waals surface area contributed by atoms with Crippen molar-refractivity contribution in [1.82, 2.24) is 9.78 Å². The summed E-state index contributed by atoms with van der Waals surface area (Å²) in [6.07, 6.45) is 1.30. The molecule has 8 heteroatoms. The number of aryl methyl sites for hydroxylation is 2. The van der Waals surface area contributed by atoms with E-state index in [1.165, 1.54) is 23.0 Å². The fraction of sp³-hybridized carbons (Fsp3) is 0.286. The third-order valence-electron chi connectivity index (χ3n) is 3.10. The van der Waals surface area contributed by atoms with Gasteiger partial charge in [-0.3, -0.25) is 4.72 Å². The van der Waals surface area contributed by atoms with Gasteiger partial charge in [0.2, 0.25) is 10.0 Å². The zero-order valence-electron chi connectivity index (χ0n) is 12.2. The lowest BCUT2D eigenvalue weighted by atomic mass is 10.2. The van der Waals surface area contributed by atoms with E-state index in [-0.39, 0.29) is 17.1 Å². The van der Waals surface area contributed by atoms with Crippen LogP contribution in [0.4, 0.5) is 10.2 Å². The number of hydrogen-bond donors (Lipinski definition) is 1. The van der Waals surface area contributed by atoms with E-state index >= 15 is 0 Å². The van der Waals surface area contributed by atoms with Crippen LogP contribution in [0.15, 0.2) is 24.4 Å². The highest BCUT2D eigenvalue weighted by atomic mass is 32.2. The molecule has 1 N–H and O–H groups in total. The largest absolute Gasteiger partial charge is 0.266 e. The molecule has 116 valence electrons. The second-order valence-corrected chi connectivity index (χ2v) is 6.50. The number of aromatic nitrogens is 2. The van der Waals surface area contributed by atoms with E-state index in [0.29, 0.717) is 17.7 Å². The van der Waals surface area contributed by atoms with Gasteiger partial charge in [0.15, 0.2) is 5.82 Å². The fourth-order valence-electron chi connectivity index (χ4n) is 1.94. The Morgan fingerprint density at radius 1 is 1.45 bits per heavy atom. The lowest BCUT2D eigenvalue weighted by Crippen LogP contribution is -2.18. The van der Waals surface area contributed by atoms with Crippen LogP contribution in [0.5, 0.6) is 0 Å². The molecule has 0 unspecified atom stereocenters. The molecule has 0 bridgehead atoms. The van der Waals surface area contributed by atoms with Crippen molar-refractivity contribution < 1.29 is 12.8 Å². The second kappa shape index (κ2) is 6.15. The molecule has 0 saturated heterocycles. The first-order valence-corrected chi connectivity index (χ1v) is 8.23. The molecule has 0 amide bonds. The van der Waals surface area contributed by atoms with E-state index in [1.54, 1.807) is 19.9 Å². The lowest BCUT2D eigenvalue weighted by Gasteiger charge is -2.10.